The SMILES string of the molecule is Nc1ccc(Oc2ccc(F)cc2P)c(-c2ccc3nncn3n2)c1. The largest absolute Gasteiger partial charge is 0.456 e. The minimum atomic E-state index is -0.324. The van der Waals surface area contributed by atoms with Gasteiger partial charge >= 0.3 is 0 Å². The molecule has 2 aromatic carbocycles. The number of benzene rings is 2. The number of ether oxygens (including phenoxy) is 1. The molecule has 0 saturated carbocycles. The van der Waals surface area contributed by atoms with Crippen LogP contribution in [-0.4, -0.2) is 19.8 Å². The normalized spacial score (nSPS) is 11.0. The van der Waals surface area contributed by atoms with Gasteiger partial charge in [-0.3, -0.25) is 0 Å². The van der Waals surface area contributed by atoms with Crippen molar-refractivity contribution in [2.75, 3.05) is 5.73 Å². The lowest BCUT2D eigenvalue weighted by Gasteiger charge is -2.13. The number of nitrogens with zero attached hydrogens (tertiary/aromatic N) is 4. The first-order valence-electron chi connectivity index (χ1n) is 7.40. The van der Waals surface area contributed by atoms with E-state index in [0.717, 1.165) is 0 Å². The number of nitrogen functional groups attached to an aromatic ring is 1. The lowest BCUT2D eigenvalue weighted by molar-refractivity contribution is 0.486. The van der Waals surface area contributed by atoms with Gasteiger partial charge in [0.25, 0.3) is 0 Å². The number of anilines is 1. The highest BCUT2D eigenvalue weighted by Crippen LogP contribution is 2.34. The molecule has 1 unspecified atom stereocenters. The van der Waals surface area contributed by atoms with E-state index >= 15 is 0 Å². The molecule has 2 heterocycles. The molecular formula is C17H13FN5OP. The molecular weight excluding hydrogens is 340 g/mol. The summed E-state index contributed by atoms with van der Waals surface area (Å²) in [7, 11) is 2.46. The molecule has 8 heteroatoms. The van der Waals surface area contributed by atoms with E-state index in [4.69, 9.17) is 10.5 Å². The molecule has 0 fully saturated rings. The predicted octanol–water partition coefficient (Wildman–Crippen LogP) is 2.81. The number of halogens is 1. The average molecular weight is 353 g/mol. The summed E-state index contributed by atoms with van der Waals surface area (Å²) in [4.78, 5) is 0. The fraction of sp³-hybridized carbons (Fsp3) is 0. The lowest BCUT2D eigenvalue weighted by atomic mass is 10.1. The zero-order valence-corrected chi connectivity index (χ0v) is 14.1. The lowest BCUT2D eigenvalue weighted by Crippen LogP contribution is -2.01. The van der Waals surface area contributed by atoms with Crippen LogP contribution in [-0.2, 0) is 0 Å². The molecule has 6 nitrogen and oxygen atoms in total. The standard InChI is InChI=1S/C17H13FN5OP/c18-10-1-4-15(16(25)7-10)24-14-5-2-11(19)8-12(14)13-3-6-17-21-20-9-23(17)22-13/h1-9H,19,25H2. The molecule has 0 aliphatic rings. The topological polar surface area (TPSA) is 78.3 Å². The second-order valence-corrected chi connectivity index (χ2v) is 6.01. The minimum absolute atomic E-state index is 0.324. The van der Waals surface area contributed by atoms with Crippen molar-refractivity contribution >= 4 is 25.9 Å². The summed E-state index contributed by atoms with van der Waals surface area (Å²) in [5.41, 5.74) is 8.52. The summed E-state index contributed by atoms with van der Waals surface area (Å²) in [6.07, 6.45) is 1.52. The molecule has 0 radical (unpaired) electrons. The second-order valence-electron chi connectivity index (χ2n) is 5.39. The number of aromatic nitrogens is 4. The Bertz CT molecular complexity index is 1080. The van der Waals surface area contributed by atoms with E-state index in [1.54, 1.807) is 34.8 Å². The summed E-state index contributed by atoms with van der Waals surface area (Å²) in [6.45, 7) is 0. The van der Waals surface area contributed by atoms with Crippen LogP contribution < -0.4 is 15.8 Å². The fourth-order valence-electron chi connectivity index (χ4n) is 2.44. The zero-order chi connectivity index (χ0) is 17.4. The van der Waals surface area contributed by atoms with Crippen LogP contribution in [0, 0.1) is 5.82 Å². The van der Waals surface area contributed by atoms with Crippen molar-refractivity contribution in [3.63, 3.8) is 0 Å². The van der Waals surface area contributed by atoms with Crippen LogP contribution in [0.5, 0.6) is 11.5 Å². The third kappa shape index (κ3) is 3.02. The number of hydrogen-bond acceptors (Lipinski definition) is 5. The molecule has 0 bridgehead atoms. The van der Waals surface area contributed by atoms with E-state index < -0.39 is 0 Å². The summed E-state index contributed by atoms with van der Waals surface area (Å²) in [5.74, 6) is 0.766. The maximum absolute atomic E-state index is 13.3. The molecule has 0 aliphatic heterocycles. The smallest absolute Gasteiger partial charge is 0.177 e. The molecule has 4 rings (SSSR count). The van der Waals surface area contributed by atoms with Crippen molar-refractivity contribution in [3.05, 3.63) is 60.7 Å². The molecule has 2 N–H and O–H groups in total. The fourth-order valence-corrected chi connectivity index (χ4v) is 2.75. The van der Waals surface area contributed by atoms with Crippen molar-refractivity contribution in [1.29, 1.82) is 0 Å². The van der Waals surface area contributed by atoms with Gasteiger partial charge in [0.1, 0.15) is 23.6 Å². The third-order valence-electron chi connectivity index (χ3n) is 3.63. The van der Waals surface area contributed by atoms with Gasteiger partial charge in [0.15, 0.2) is 5.65 Å². The van der Waals surface area contributed by atoms with Gasteiger partial charge in [0.05, 0.1) is 5.69 Å². The van der Waals surface area contributed by atoms with Gasteiger partial charge in [-0.15, -0.1) is 19.4 Å². The quantitative estimate of drug-likeness (QED) is 0.453. The average Bonchev–Trinajstić information content (AvgIpc) is 3.06. The predicted molar refractivity (Wildman–Crippen MR) is 96.4 cm³/mol. The van der Waals surface area contributed by atoms with Crippen LogP contribution in [0.2, 0.25) is 0 Å². The molecule has 124 valence electrons. The summed E-state index contributed by atoms with van der Waals surface area (Å²) in [6, 6.07) is 13.2. The number of rotatable bonds is 3. The van der Waals surface area contributed by atoms with Gasteiger partial charge in [-0.25, -0.2) is 4.39 Å². The Morgan fingerprint density at radius 2 is 1.88 bits per heavy atom. The van der Waals surface area contributed by atoms with E-state index in [2.05, 4.69) is 24.5 Å². The molecule has 1 atom stereocenters. The molecule has 0 spiro atoms. The first-order chi connectivity index (χ1) is 12.1. The molecule has 25 heavy (non-hydrogen) atoms. The highest BCUT2D eigenvalue weighted by atomic mass is 31.0. The Balaban J connectivity index is 1.80. The summed E-state index contributed by atoms with van der Waals surface area (Å²) >= 11 is 0. The molecule has 4 aromatic rings. The first-order valence-corrected chi connectivity index (χ1v) is 7.98. The van der Waals surface area contributed by atoms with E-state index in [0.29, 0.717) is 39.4 Å². The third-order valence-corrected chi connectivity index (χ3v) is 4.08. The summed E-state index contributed by atoms with van der Waals surface area (Å²) < 4.78 is 20.8. The van der Waals surface area contributed by atoms with Crippen LogP contribution in [0.3, 0.4) is 0 Å². The van der Waals surface area contributed by atoms with Gasteiger partial charge in [0, 0.05) is 16.6 Å². The Labute approximate surface area is 144 Å². The van der Waals surface area contributed by atoms with Crippen LogP contribution in [0.1, 0.15) is 0 Å². The summed E-state index contributed by atoms with van der Waals surface area (Å²) in [5, 5.41) is 12.8. The Hall–Kier alpha value is -3.05. The number of fused-ring (bicyclic) bond motifs is 1. The van der Waals surface area contributed by atoms with Gasteiger partial charge in [-0.1, -0.05) is 0 Å². The molecule has 0 aliphatic carbocycles. The Morgan fingerprint density at radius 1 is 1.04 bits per heavy atom. The van der Waals surface area contributed by atoms with E-state index in [-0.39, 0.29) is 5.82 Å². The second kappa shape index (κ2) is 6.11. The van der Waals surface area contributed by atoms with Crippen LogP contribution >= 0.6 is 9.24 Å². The van der Waals surface area contributed by atoms with Crippen LogP contribution in [0.15, 0.2) is 54.9 Å². The molecule has 0 saturated heterocycles. The molecule has 2 aromatic heterocycles. The minimum Gasteiger partial charge on any atom is -0.456 e. The maximum atomic E-state index is 13.3. The zero-order valence-electron chi connectivity index (χ0n) is 12.9. The van der Waals surface area contributed by atoms with Crippen molar-refractivity contribution in [2.45, 2.75) is 0 Å². The van der Waals surface area contributed by atoms with Crippen molar-refractivity contribution < 1.29 is 9.13 Å². The maximum Gasteiger partial charge on any atom is 0.177 e. The highest BCUT2D eigenvalue weighted by Gasteiger charge is 2.12. The first kappa shape index (κ1) is 15.5. The van der Waals surface area contributed by atoms with E-state index in [9.17, 15) is 4.39 Å². The van der Waals surface area contributed by atoms with Gasteiger partial charge in [-0.2, -0.15) is 9.61 Å². The van der Waals surface area contributed by atoms with Gasteiger partial charge in [0.2, 0.25) is 0 Å². The van der Waals surface area contributed by atoms with Crippen molar-refractivity contribution in [3.8, 4) is 22.8 Å². The number of hydrogen-bond donors (Lipinski definition) is 1. The highest BCUT2D eigenvalue weighted by molar-refractivity contribution is 7.27. The van der Waals surface area contributed by atoms with E-state index in [1.165, 1.54) is 18.5 Å². The molecule has 0 amide bonds. The Morgan fingerprint density at radius 3 is 2.72 bits per heavy atom. The van der Waals surface area contributed by atoms with Crippen LogP contribution in [0.25, 0.3) is 16.9 Å². The number of nitrogens with two attached hydrogens (primary N) is 1. The van der Waals surface area contributed by atoms with E-state index in [1.807, 2.05) is 6.07 Å². The van der Waals surface area contributed by atoms with Gasteiger partial charge in [-0.05, 0) is 48.5 Å². The van der Waals surface area contributed by atoms with Crippen molar-refractivity contribution in [1.82, 2.24) is 19.8 Å². The van der Waals surface area contributed by atoms with Gasteiger partial charge < -0.3 is 10.5 Å². The van der Waals surface area contributed by atoms with Crippen molar-refractivity contribution in [2.24, 2.45) is 0 Å². The van der Waals surface area contributed by atoms with Crippen LogP contribution in [0.4, 0.5) is 10.1 Å². The Kier molecular flexibility index (Phi) is 3.78. The monoisotopic (exact) mass is 353 g/mol.